The van der Waals surface area contributed by atoms with Gasteiger partial charge in [0.15, 0.2) is 5.82 Å². The second-order valence-electron chi connectivity index (χ2n) is 4.94. The Hall–Kier alpha value is -1.27. The Labute approximate surface area is 116 Å². The lowest BCUT2D eigenvalue weighted by molar-refractivity contribution is 0.355. The van der Waals surface area contributed by atoms with E-state index < -0.39 is 0 Å². The molecule has 0 unspecified atom stereocenters. The Morgan fingerprint density at radius 3 is 3.00 bits per heavy atom. The van der Waals surface area contributed by atoms with Gasteiger partial charge in [-0.15, -0.1) is 11.3 Å². The molecule has 2 heterocycles. The Kier molecular flexibility index (Phi) is 3.61. The average Bonchev–Trinajstić information content (AvgIpc) is 2.99. The number of hydrogen-bond donors (Lipinski definition) is 1. The Bertz CT molecular complexity index is 546. The zero-order valence-electron chi connectivity index (χ0n) is 11.2. The minimum Gasteiger partial charge on any atom is -0.338 e. The number of nitrogens with zero attached hydrogens (tertiary/aromatic N) is 3. The molecule has 102 valence electrons. The fraction of sp³-hybridized carbons (Fsp3) is 0.615. The van der Waals surface area contributed by atoms with Crippen molar-refractivity contribution in [2.24, 2.45) is 0 Å². The summed E-state index contributed by atoms with van der Waals surface area (Å²) in [6.07, 6.45) is 3.38. The van der Waals surface area contributed by atoms with Crippen molar-refractivity contribution >= 4 is 11.3 Å². The van der Waals surface area contributed by atoms with Gasteiger partial charge in [0.05, 0.1) is 17.2 Å². The van der Waals surface area contributed by atoms with Gasteiger partial charge in [0.2, 0.25) is 5.89 Å². The Morgan fingerprint density at radius 1 is 1.47 bits per heavy atom. The maximum absolute atomic E-state index is 5.24. The standard InChI is InChI=1S/C13H18N4OS/c1-3-12-15-10(7-19-12)8(2)14-6-11-16-13(17-18-11)9-4-5-9/h7-9,14H,3-6H2,1-2H3/t8-/m1/s1. The van der Waals surface area contributed by atoms with E-state index in [0.29, 0.717) is 18.4 Å². The number of thiazole rings is 1. The third-order valence-electron chi connectivity index (χ3n) is 3.30. The summed E-state index contributed by atoms with van der Waals surface area (Å²) in [4.78, 5) is 8.97. The summed E-state index contributed by atoms with van der Waals surface area (Å²) in [6.45, 7) is 4.82. The van der Waals surface area contributed by atoms with E-state index in [2.05, 4.69) is 39.7 Å². The molecule has 1 saturated carbocycles. The van der Waals surface area contributed by atoms with Gasteiger partial charge in [-0.1, -0.05) is 12.1 Å². The first-order valence-corrected chi connectivity index (χ1v) is 7.64. The molecule has 0 aromatic carbocycles. The van der Waals surface area contributed by atoms with Crippen LogP contribution in [0.5, 0.6) is 0 Å². The topological polar surface area (TPSA) is 63.8 Å². The zero-order valence-corrected chi connectivity index (χ0v) is 12.0. The van der Waals surface area contributed by atoms with Crippen LogP contribution in [0, 0.1) is 0 Å². The highest BCUT2D eigenvalue weighted by atomic mass is 32.1. The fourth-order valence-corrected chi connectivity index (χ4v) is 2.72. The number of aryl methyl sites for hydroxylation is 1. The molecule has 2 aromatic rings. The van der Waals surface area contributed by atoms with Crippen molar-refractivity contribution < 1.29 is 4.52 Å². The summed E-state index contributed by atoms with van der Waals surface area (Å²) < 4.78 is 5.24. The summed E-state index contributed by atoms with van der Waals surface area (Å²) in [5.74, 6) is 2.08. The predicted molar refractivity (Wildman–Crippen MR) is 73.0 cm³/mol. The maximum Gasteiger partial charge on any atom is 0.240 e. The highest BCUT2D eigenvalue weighted by Crippen LogP contribution is 2.38. The molecule has 0 saturated heterocycles. The van der Waals surface area contributed by atoms with Crippen LogP contribution in [0.2, 0.25) is 0 Å². The molecule has 1 atom stereocenters. The second-order valence-corrected chi connectivity index (χ2v) is 5.89. The lowest BCUT2D eigenvalue weighted by Crippen LogP contribution is -2.18. The van der Waals surface area contributed by atoms with Crippen LogP contribution in [-0.2, 0) is 13.0 Å². The van der Waals surface area contributed by atoms with Gasteiger partial charge in [-0.25, -0.2) is 4.98 Å². The van der Waals surface area contributed by atoms with Gasteiger partial charge in [-0.2, -0.15) is 4.98 Å². The van der Waals surface area contributed by atoms with E-state index >= 15 is 0 Å². The highest BCUT2D eigenvalue weighted by molar-refractivity contribution is 7.09. The summed E-state index contributed by atoms with van der Waals surface area (Å²) in [5, 5.41) is 10.7. The van der Waals surface area contributed by atoms with Crippen LogP contribution >= 0.6 is 11.3 Å². The minimum absolute atomic E-state index is 0.202. The molecule has 5 nitrogen and oxygen atoms in total. The van der Waals surface area contributed by atoms with Crippen LogP contribution in [0.25, 0.3) is 0 Å². The van der Waals surface area contributed by atoms with Crippen LogP contribution in [0.15, 0.2) is 9.90 Å². The molecule has 3 rings (SSSR count). The van der Waals surface area contributed by atoms with Crippen molar-refractivity contribution in [2.45, 2.75) is 51.6 Å². The van der Waals surface area contributed by atoms with Gasteiger partial charge in [-0.05, 0) is 26.2 Å². The van der Waals surface area contributed by atoms with Crippen LogP contribution in [0.3, 0.4) is 0 Å². The smallest absolute Gasteiger partial charge is 0.240 e. The summed E-state index contributed by atoms with van der Waals surface area (Å²) in [6, 6.07) is 0.202. The first kappa shape index (κ1) is 12.7. The predicted octanol–water partition coefficient (Wildman–Crippen LogP) is 2.82. The van der Waals surface area contributed by atoms with E-state index in [9.17, 15) is 0 Å². The van der Waals surface area contributed by atoms with Gasteiger partial charge in [0, 0.05) is 17.3 Å². The quantitative estimate of drug-likeness (QED) is 0.880. The van der Waals surface area contributed by atoms with Crippen molar-refractivity contribution in [3.05, 3.63) is 27.8 Å². The SMILES string of the molecule is CCc1nc([C@@H](C)NCc2nc(C3CC3)no2)cs1. The second kappa shape index (κ2) is 5.38. The summed E-state index contributed by atoms with van der Waals surface area (Å²) in [7, 11) is 0. The van der Waals surface area contributed by atoms with Crippen molar-refractivity contribution in [3.63, 3.8) is 0 Å². The van der Waals surface area contributed by atoms with Gasteiger partial charge in [0.25, 0.3) is 0 Å². The number of hydrogen-bond acceptors (Lipinski definition) is 6. The van der Waals surface area contributed by atoms with E-state index in [1.165, 1.54) is 17.8 Å². The largest absolute Gasteiger partial charge is 0.338 e. The van der Waals surface area contributed by atoms with Crippen LogP contribution in [0.1, 0.15) is 61.1 Å². The molecule has 1 N–H and O–H groups in total. The molecule has 0 bridgehead atoms. The normalized spacial score (nSPS) is 16.7. The summed E-state index contributed by atoms with van der Waals surface area (Å²) in [5.41, 5.74) is 1.09. The molecular weight excluding hydrogens is 260 g/mol. The van der Waals surface area contributed by atoms with Gasteiger partial charge < -0.3 is 9.84 Å². The molecule has 1 aliphatic carbocycles. The first-order chi connectivity index (χ1) is 9.26. The molecule has 19 heavy (non-hydrogen) atoms. The van der Waals surface area contributed by atoms with Gasteiger partial charge in [-0.3, -0.25) is 0 Å². The zero-order chi connectivity index (χ0) is 13.2. The molecule has 1 aliphatic rings. The van der Waals surface area contributed by atoms with Crippen molar-refractivity contribution in [2.75, 3.05) is 0 Å². The monoisotopic (exact) mass is 278 g/mol. The first-order valence-electron chi connectivity index (χ1n) is 6.76. The third kappa shape index (κ3) is 3.01. The molecule has 0 amide bonds. The molecule has 6 heteroatoms. The van der Waals surface area contributed by atoms with Gasteiger partial charge >= 0.3 is 0 Å². The number of nitrogens with one attached hydrogen (secondary N) is 1. The van der Waals surface area contributed by atoms with E-state index in [-0.39, 0.29) is 6.04 Å². The molecule has 0 aliphatic heterocycles. The minimum atomic E-state index is 0.202. The lowest BCUT2D eigenvalue weighted by atomic mass is 10.2. The van der Waals surface area contributed by atoms with E-state index in [4.69, 9.17) is 4.52 Å². The third-order valence-corrected chi connectivity index (χ3v) is 4.31. The maximum atomic E-state index is 5.24. The molecule has 2 aromatic heterocycles. The molecule has 0 radical (unpaired) electrons. The lowest BCUT2D eigenvalue weighted by Gasteiger charge is -2.08. The summed E-state index contributed by atoms with van der Waals surface area (Å²) >= 11 is 1.71. The van der Waals surface area contributed by atoms with Gasteiger partial charge in [0.1, 0.15) is 0 Å². The van der Waals surface area contributed by atoms with Crippen molar-refractivity contribution in [1.82, 2.24) is 20.4 Å². The highest BCUT2D eigenvalue weighted by Gasteiger charge is 2.28. The van der Waals surface area contributed by atoms with Crippen LogP contribution in [-0.4, -0.2) is 15.1 Å². The van der Waals surface area contributed by atoms with Crippen molar-refractivity contribution in [1.29, 1.82) is 0 Å². The Morgan fingerprint density at radius 2 is 2.32 bits per heavy atom. The Balaban J connectivity index is 1.55. The average molecular weight is 278 g/mol. The molecular formula is C13H18N4OS. The van der Waals surface area contributed by atoms with E-state index in [0.717, 1.165) is 17.9 Å². The van der Waals surface area contributed by atoms with E-state index in [1.807, 2.05) is 0 Å². The van der Waals surface area contributed by atoms with Crippen molar-refractivity contribution in [3.8, 4) is 0 Å². The van der Waals surface area contributed by atoms with Crippen LogP contribution in [0.4, 0.5) is 0 Å². The number of rotatable bonds is 6. The van der Waals surface area contributed by atoms with Crippen LogP contribution < -0.4 is 5.32 Å². The van der Waals surface area contributed by atoms with E-state index in [1.54, 1.807) is 11.3 Å². The fourth-order valence-electron chi connectivity index (χ4n) is 1.88. The molecule has 0 spiro atoms. The number of aromatic nitrogens is 3. The molecule has 1 fully saturated rings.